The third kappa shape index (κ3) is 11.6. The minimum absolute atomic E-state index is 0.0278. The summed E-state index contributed by atoms with van der Waals surface area (Å²) in [5.74, 6) is 16.0. The summed E-state index contributed by atoms with van der Waals surface area (Å²) in [5.41, 5.74) is 3.68. The van der Waals surface area contributed by atoms with Gasteiger partial charge < -0.3 is 51.1 Å². The maximum absolute atomic E-state index is 9.29. The Bertz CT molecular complexity index is 2290. The first kappa shape index (κ1) is 36.8. The lowest BCUT2D eigenvalue weighted by molar-refractivity contribution is 0.403. The molecule has 6 aromatic rings. The smallest absolute Gasteiger partial charge is 0.158 e. The molecule has 6 aromatic carbocycles. The summed E-state index contributed by atoms with van der Waals surface area (Å²) in [4.78, 5) is 0. The minimum Gasteiger partial charge on any atom is -0.508 e. The van der Waals surface area contributed by atoms with Crippen LogP contribution in [0.15, 0.2) is 121 Å². The predicted octanol–water partition coefficient (Wildman–Crippen LogP) is 6.32. The summed E-state index contributed by atoms with van der Waals surface area (Å²) >= 11 is 0. The summed E-state index contributed by atoms with van der Waals surface area (Å²) in [7, 11) is 0. The molecular weight excluding hydrogens is 664 g/mol. The van der Waals surface area contributed by atoms with Gasteiger partial charge in [-0.15, -0.1) is 0 Å². The lowest BCUT2D eigenvalue weighted by atomic mass is 10.1. The van der Waals surface area contributed by atoms with Gasteiger partial charge in [-0.05, 0) is 115 Å². The van der Waals surface area contributed by atoms with Crippen molar-refractivity contribution in [3.63, 3.8) is 0 Å². The van der Waals surface area contributed by atoms with Crippen molar-refractivity contribution in [2.75, 3.05) is 0 Å². The van der Waals surface area contributed by atoms with Gasteiger partial charge in [0.1, 0.15) is 23.0 Å². The summed E-state index contributed by atoms with van der Waals surface area (Å²) in [6.45, 7) is 0. The summed E-state index contributed by atoms with van der Waals surface area (Å²) in [6, 6.07) is 30.0. The molecule has 0 aromatic heterocycles. The molecule has 0 heterocycles. The van der Waals surface area contributed by atoms with Crippen LogP contribution in [0, 0.1) is 35.5 Å². The normalized spacial score (nSPS) is 9.46. The molecule has 0 bridgehead atoms. The second kappa shape index (κ2) is 17.4. The van der Waals surface area contributed by atoms with E-state index in [2.05, 4.69) is 35.5 Å². The molecule has 0 radical (unpaired) electrons. The van der Waals surface area contributed by atoms with E-state index in [1.165, 1.54) is 54.6 Å². The Morgan fingerprint density at radius 1 is 0.212 bits per heavy atom. The highest BCUT2D eigenvalue weighted by Crippen LogP contribution is 2.27. The molecule has 0 spiro atoms. The Morgan fingerprint density at radius 2 is 0.481 bits per heavy atom. The van der Waals surface area contributed by atoms with Gasteiger partial charge in [-0.2, -0.15) is 0 Å². The van der Waals surface area contributed by atoms with Crippen molar-refractivity contribution in [3.8, 4) is 93.0 Å². The van der Waals surface area contributed by atoms with Gasteiger partial charge in [0, 0.05) is 39.4 Å². The van der Waals surface area contributed by atoms with Crippen LogP contribution in [0.4, 0.5) is 0 Å². The van der Waals surface area contributed by atoms with Crippen LogP contribution in [0.25, 0.3) is 0 Å². The van der Waals surface area contributed by atoms with E-state index < -0.39 is 0 Å². The van der Waals surface area contributed by atoms with Gasteiger partial charge in [-0.3, -0.25) is 0 Å². The largest absolute Gasteiger partial charge is 0.508 e. The Balaban J connectivity index is 0.000000175. The quantitative estimate of drug-likeness (QED) is 0.0634. The molecule has 10 heteroatoms. The molecule has 0 saturated carbocycles. The van der Waals surface area contributed by atoms with Crippen molar-refractivity contribution in [2.45, 2.75) is 0 Å². The SMILES string of the molecule is Oc1ccc(C#Cc2cc(O)cc(O)c2)cc1.Oc1ccc(C#Cc2ccc(O)c(O)c2)cc1.Oc1ccc(C#Cc2ccc(O)c(O)c2)cc1O. The summed E-state index contributed by atoms with van der Waals surface area (Å²) in [5, 5.41) is 92.0. The standard InChI is InChI=1S/C14H10O4.2C14H10O3/c15-11-5-3-9(7-13(11)17)1-2-10-4-6-12(16)14(18)8-10;15-12-6-3-10(4-7-12)1-2-11-5-8-13(16)14(17)9-11;15-12-5-3-10(4-6-12)1-2-11-7-13(16)9-14(17)8-11/h3-8,15-18H;2*3-9,15-17H. The van der Waals surface area contributed by atoms with E-state index in [4.69, 9.17) is 25.5 Å². The van der Waals surface area contributed by atoms with Crippen LogP contribution in [0.3, 0.4) is 0 Å². The minimum atomic E-state index is -0.240. The zero-order valence-electron chi connectivity index (χ0n) is 27.0. The van der Waals surface area contributed by atoms with Crippen LogP contribution in [-0.2, 0) is 0 Å². The Kier molecular flexibility index (Phi) is 12.3. The highest BCUT2D eigenvalue weighted by atomic mass is 16.3. The number of hydrogen-bond donors (Lipinski definition) is 10. The first-order valence-electron chi connectivity index (χ1n) is 15.1. The molecule has 0 atom stereocenters. The van der Waals surface area contributed by atoms with E-state index >= 15 is 0 Å². The van der Waals surface area contributed by atoms with E-state index in [0.29, 0.717) is 22.3 Å². The van der Waals surface area contributed by atoms with E-state index in [9.17, 15) is 25.5 Å². The number of phenols is 10. The van der Waals surface area contributed by atoms with E-state index in [1.807, 2.05) is 0 Å². The van der Waals surface area contributed by atoms with Crippen molar-refractivity contribution < 1.29 is 51.1 Å². The fraction of sp³-hybridized carbons (Fsp3) is 0. The number of phenolic OH excluding ortho intramolecular Hbond substituents is 10. The molecule has 258 valence electrons. The Hall–Kier alpha value is -8.00. The molecule has 10 N–H and O–H groups in total. The summed E-state index contributed by atoms with van der Waals surface area (Å²) < 4.78 is 0. The van der Waals surface area contributed by atoms with E-state index in [-0.39, 0.29) is 57.5 Å². The van der Waals surface area contributed by atoms with Gasteiger partial charge in [0.05, 0.1) is 0 Å². The second-order valence-electron chi connectivity index (χ2n) is 10.7. The fourth-order valence-electron chi connectivity index (χ4n) is 3.99. The van der Waals surface area contributed by atoms with E-state index in [0.717, 1.165) is 11.1 Å². The molecule has 10 nitrogen and oxygen atoms in total. The average Bonchev–Trinajstić information content (AvgIpc) is 3.11. The van der Waals surface area contributed by atoms with Crippen LogP contribution >= 0.6 is 0 Å². The Labute approximate surface area is 298 Å². The molecule has 0 aliphatic heterocycles. The number of aromatic hydroxyl groups is 10. The van der Waals surface area contributed by atoms with Crippen LogP contribution in [0.2, 0.25) is 0 Å². The molecular formula is C42H30O10. The van der Waals surface area contributed by atoms with Crippen molar-refractivity contribution in [3.05, 3.63) is 155 Å². The van der Waals surface area contributed by atoms with Crippen LogP contribution in [0.1, 0.15) is 33.4 Å². The maximum Gasteiger partial charge on any atom is 0.158 e. The van der Waals surface area contributed by atoms with Gasteiger partial charge >= 0.3 is 0 Å². The van der Waals surface area contributed by atoms with Crippen LogP contribution in [-0.4, -0.2) is 51.1 Å². The zero-order valence-corrected chi connectivity index (χ0v) is 27.0. The second-order valence-corrected chi connectivity index (χ2v) is 10.7. The van der Waals surface area contributed by atoms with Crippen LogP contribution in [0.5, 0.6) is 57.5 Å². The van der Waals surface area contributed by atoms with Gasteiger partial charge in [0.2, 0.25) is 0 Å². The fourth-order valence-corrected chi connectivity index (χ4v) is 3.99. The molecule has 0 unspecified atom stereocenters. The monoisotopic (exact) mass is 694 g/mol. The van der Waals surface area contributed by atoms with E-state index in [1.54, 1.807) is 66.7 Å². The number of rotatable bonds is 0. The first-order valence-corrected chi connectivity index (χ1v) is 15.1. The molecule has 0 saturated heterocycles. The lowest BCUT2D eigenvalue weighted by Crippen LogP contribution is -1.77. The first-order chi connectivity index (χ1) is 24.8. The third-order valence-electron chi connectivity index (χ3n) is 6.62. The highest BCUT2D eigenvalue weighted by molar-refractivity contribution is 5.53. The number of benzene rings is 6. The van der Waals surface area contributed by atoms with Crippen molar-refractivity contribution in [1.82, 2.24) is 0 Å². The molecule has 0 aliphatic rings. The topological polar surface area (TPSA) is 202 Å². The van der Waals surface area contributed by atoms with Gasteiger partial charge in [-0.1, -0.05) is 35.5 Å². The molecule has 52 heavy (non-hydrogen) atoms. The zero-order chi connectivity index (χ0) is 37.6. The number of hydrogen-bond acceptors (Lipinski definition) is 10. The van der Waals surface area contributed by atoms with Crippen molar-refractivity contribution in [2.24, 2.45) is 0 Å². The summed E-state index contributed by atoms with van der Waals surface area (Å²) in [6.07, 6.45) is 0. The molecule has 0 amide bonds. The lowest BCUT2D eigenvalue weighted by Gasteiger charge is -1.97. The molecule has 0 fully saturated rings. The molecule has 0 aliphatic carbocycles. The Morgan fingerprint density at radius 3 is 0.788 bits per heavy atom. The van der Waals surface area contributed by atoms with Gasteiger partial charge in [0.25, 0.3) is 0 Å². The predicted molar refractivity (Wildman–Crippen MR) is 193 cm³/mol. The van der Waals surface area contributed by atoms with Gasteiger partial charge in [-0.25, -0.2) is 0 Å². The highest BCUT2D eigenvalue weighted by Gasteiger charge is 2.01. The van der Waals surface area contributed by atoms with Crippen LogP contribution < -0.4 is 0 Å². The van der Waals surface area contributed by atoms with Gasteiger partial charge in [0.15, 0.2) is 34.5 Å². The van der Waals surface area contributed by atoms with Crippen molar-refractivity contribution in [1.29, 1.82) is 0 Å². The third-order valence-corrected chi connectivity index (χ3v) is 6.62. The maximum atomic E-state index is 9.29. The van der Waals surface area contributed by atoms with Crippen molar-refractivity contribution >= 4 is 0 Å². The average molecular weight is 695 g/mol. The molecule has 6 rings (SSSR count).